The van der Waals surface area contributed by atoms with E-state index in [4.69, 9.17) is 0 Å². The van der Waals surface area contributed by atoms with Crippen molar-refractivity contribution in [3.05, 3.63) is 71.4 Å². The lowest BCUT2D eigenvalue weighted by molar-refractivity contribution is 0.522. The van der Waals surface area contributed by atoms with Gasteiger partial charge >= 0.3 is 0 Å². The third kappa shape index (κ3) is 2.26. The molecule has 0 amide bonds. The van der Waals surface area contributed by atoms with Gasteiger partial charge in [-0.25, -0.2) is 0 Å². The van der Waals surface area contributed by atoms with E-state index in [0.29, 0.717) is 0 Å². The molecule has 2 aliphatic carbocycles. The summed E-state index contributed by atoms with van der Waals surface area (Å²) in [6.07, 6.45) is 16.5. The second-order valence-electron chi connectivity index (χ2n) is 5.32. The van der Waals surface area contributed by atoms with Gasteiger partial charge in [-0.1, -0.05) is 61.6 Å². The lowest BCUT2D eigenvalue weighted by Crippen LogP contribution is -2.20. The van der Waals surface area contributed by atoms with Crippen LogP contribution in [0.3, 0.4) is 0 Å². The van der Waals surface area contributed by atoms with E-state index < -0.39 is 0 Å². The maximum absolute atomic E-state index is 4.20. The average Bonchev–Trinajstić information content (AvgIpc) is 2.26. The van der Waals surface area contributed by atoms with Crippen molar-refractivity contribution in [2.45, 2.75) is 27.2 Å². The minimum atomic E-state index is 0.150. The first-order chi connectivity index (χ1) is 8.03. The fourth-order valence-corrected chi connectivity index (χ4v) is 2.49. The van der Waals surface area contributed by atoms with Gasteiger partial charge in [-0.2, -0.15) is 0 Å². The van der Waals surface area contributed by atoms with Gasteiger partial charge < -0.3 is 0 Å². The van der Waals surface area contributed by atoms with E-state index in [0.717, 1.165) is 12.0 Å². The van der Waals surface area contributed by atoms with Crippen LogP contribution in [0.2, 0.25) is 0 Å². The topological polar surface area (TPSA) is 0 Å². The maximum Gasteiger partial charge on any atom is 0.0147 e. The van der Waals surface area contributed by atoms with Gasteiger partial charge in [0.1, 0.15) is 0 Å². The lowest BCUT2D eigenvalue weighted by atomic mass is 9.71. The molecule has 88 valence electrons. The highest BCUT2D eigenvalue weighted by Gasteiger charge is 2.29. The summed E-state index contributed by atoms with van der Waals surface area (Å²) < 4.78 is 0. The van der Waals surface area contributed by atoms with E-state index in [1.165, 1.54) is 16.7 Å². The van der Waals surface area contributed by atoms with Crippen molar-refractivity contribution in [3.63, 3.8) is 0 Å². The zero-order valence-corrected chi connectivity index (χ0v) is 11.0. The fraction of sp³-hybridized carbons (Fsp3) is 0.294. The van der Waals surface area contributed by atoms with Crippen molar-refractivity contribution in [1.29, 1.82) is 0 Å². The van der Waals surface area contributed by atoms with Gasteiger partial charge in [-0.15, -0.1) is 0 Å². The summed E-state index contributed by atoms with van der Waals surface area (Å²) in [6, 6.07) is 0. The molecule has 0 saturated carbocycles. The van der Waals surface area contributed by atoms with Crippen LogP contribution in [0.4, 0.5) is 0 Å². The predicted molar refractivity (Wildman–Crippen MR) is 75.7 cm³/mol. The van der Waals surface area contributed by atoms with Crippen LogP contribution >= 0.6 is 0 Å². The summed E-state index contributed by atoms with van der Waals surface area (Å²) in [4.78, 5) is 0. The normalized spacial score (nSPS) is 25.8. The molecule has 0 aromatic rings. The largest absolute Gasteiger partial charge is 0.0912 e. The van der Waals surface area contributed by atoms with E-state index in [9.17, 15) is 0 Å². The minimum Gasteiger partial charge on any atom is -0.0912 e. The third-order valence-corrected chi connectivity index (χ3v) is 3.38. The molecule has 17 heavy (non-hydrogen) atoms. The Bertz CT molecular complexity index is 488. The molecule has 0 saturated heterocycles. The predicted octanol–water partition coefficient (Wildman–Crippen LogP) is 4.90. The van der Waals surface area contributed by atoms with E-state index in [2.05, 4.69) is 69.9 Å². The van der Waals surface area contributed by atoms with Crippen molar-refractivity contribution in [3.8, 4) is 0 Å². The molecule has 0 aromatic heterocycles. The summed E-state index contributed by atoms with van der Waals surface area (Å²) in [6.45, 7) is 10.7. The molecule has 0 radical (unpaired) electrons. The molecule has 0 aliphatic heterocycles. The molecule has 2 aliphatic rings. The number of fused-ring (bicyclic) bond motifs is 1. The molecule has 2 rings (SSSR count). The van der Waals surface area contributed by atoms with Gasteiger partial charge in [0.25, 0.3) is 0 Å². The van der Waals surface area contributed by atoms with Crippen LogP contribution in [0.1, 0.15) is 27.2 Å². The molecule has 0 N–H and O–H groups in total. The monoisotopic (exact) mass is 224 g/mol. The standard InChI is InChI=1S/C17H20/c1-13(2)12-14(3)15-8-7-11-17(4)10-6-5-9-16(15)17/h5-10,12H,3,11H2,1-2,4H3. The highest BCUT2D eigenvalue weighted by atomic mass is 14.3. The van der Waals surface area contributed by atoms with Gasteiger partial charge in [0.2, 0.25) is 0 Å². The Kier molecular flexibility index (Phi) is 3.06. The smallest absolute Gasteiger partial charge is 0.0147 e. The maximum atomic E-state index is 4.20. The summed E-state index contributed by atoms with van der Waals surface area (Å²) in [5.74, 6) is 0. The third-order valence-electron chi connectivity index (χ3n) is 3.38. The van der Waals surface area contributed by atoms with Crippen molar-refractivity contribution < 1.29 is 0 Å². The summed E-state index contributed by atoms with van der Waals surface area (Å²) in [5.41, 5.74) is 5.23. The van der Waals surface area contributed by atoms with E-state index in [1.54, 1.807) is 0 Å². The van der Waals surface area contributed by atoms with Gasteiger partial charge in [0, 0.05) is 5.41 Å². The van der Waals surface area contributed by atoms with Crippen molar-refractivity contribution in [2.24, 2.45) is 5.41 Å². The van der Waals surface area contributed by atoms with Gasteiger partial charge in [0.05, 0.1) is 0 Å². The van der Waals surface area contributed by atoms with Gasteiger partial charge in [0.15, 0.2) is 0 Å². The molecule has 0 heteroatoms. The Labute approximate surface area is 104 Å². The Morgan fingerprint density at radius 1 is 1.29 bits per heavy atom. The molecule has 0 nitrogen and oxygen atoms in total. The average molecular weight is 224 g/mol. The second-order valence-corrected chi connectivity index (χ2v) is 5.32. The van der Waals surface area contributed by atoms with Crippen LogP contribution < -0.4 is 0 Å². The van der Waals surface area contributed by atoms with Crippen LogP contribution in [0.25, 0.3) is 0 Å². The van der Waals surface area contributed by atoms with Crippen molar-refractivity contribution in [1.82, 2.24) is 0 Å². The van der Waals surface area contributed by atoms with Gasteiger partial charge in [-0.3, -0.25) is 0 Å². The molecule has 0 bridgehead atoms. The highest BCUT2D eigenvalue weighted by molar-refractivity contribution is 5.57. The first kappa shape index (κ1) is 11.9. The summed E-state index contributed by atoms with van der Waals surface area (Å²) >= 11 is 0. The Balaban J connectivity index is 2.48. The van der Waals surface area contributed by atoms with E-state index in [1.807, 2.05) is 0 Å². The van der Waals surface area contributed by atoms with Crippen LogP contribution in [0.15, 0.2) is 71.4 Å². The van der Waals surface area contributed by atoms with Crippen LogP contribution in [-0.2, 0) is 0 Å². The quantitative estimate of drug-likeness (QED) is 0.585. The number of hydrogen-bond acceptors (Lipinski definition) is 0. The molecule has 0 fully saturated rings. The van der Waals surface area contributed by atoms with Crippen molar-refractivity contribution in [2.75, 3.05) is 0 Å². The number of hydrogen-bond donors (Lipinski definition) is 0. The molecule has 0 aromatic carbocycles. The minimum absolute atomic E-state index is 0.150. The summed E-state index contributed by atoms with van der Waals surface area (Å²) in [7, 11) is 0. The molecule has 1 unspecified atom stereocenters. The molecule has 0 heterocycles. The molecule has 1 atom stereocenters. The number of rotatable bonds is 2. The van der Waals surface area contributed by atoms with Gasteiger partial charge in [-0.05, 0) is 37.0 Å². The van der Waals surface area contributed by atoms with Crippen LogP contribution in [0.5, 0.6) is 0 Å². The van der Waals surface area contributed by atoms with E-state index >= 15 is 0 Å². The van der Waals surface area contributed by atoms with Crippen LogP contribution in [-0.4, -0.2) is 0 Å². The van der Waals surface area contributed by atoms with Crippen molar-refractivity contribution >= 4 is 0 Å². The van der Waals surface area contributed by atoms with E-state index in [-0.39, 0.29) is 5.41 Å². The zero-order chi connectivity index (χ0) is 12.5. The lowest BCUT2D eigenvalue weighted by Gasteiger charge is -2.33. The Hall–Kier alpha value is -1.56. The Morgan fingerprint density at radius 3 is 2.76 bits per heavy atom. The van der Waals surface area contributed by atoms with Crippen LogP contribution in [0, 0.1) is 5.41 Å². The SMILES string of the molecule is C=C(C=C(C)C)C1=C2C=CC=CC2(C)CC=C1. The second kappa shape index (κ2) is 4.37. The molecular weight excluding hydrogens is 204 g/mol. The number of allylic oxidation sites excluding steroid dienone is 11. The fourth-order valence-electron chi connectivity index (χ4n) is 2.49. The first-order valence-corrected chi connectivity index (χ1v) is 6.14. The molecule has 0 spiro atoms. The molecular formula is C17H20. The zero-order valence-electron chi connectivity index (χ0n) is 11.0. The Morgan fingerprint density at radius 2 is 2.06 bits per heavy atom. The first-order valence-electron chi connectivity index (χ1n) is 6.14. The summed E-state index contributed by atoms with van der Waals surface area (Å²) in [5, 5.41) is 0. The highest BCUT2D eigenvalue weighted by Crippen LogP contribution is 2.43.